The second-order valence-corrected chi connectivity index (χ2v) is 9.60. The first-order valence-electron chi connectivity index (χ1n) is 11.4. The summed E-state index contributed by atoms with van der Waals surface area (Å²) in [6, 6.07) is 19.8. The second-order valence-electron chi connectivity index (χ2n) is 8.57. The van der Waals surface area contributed by atoms with Crippen LogP contribution in [0.25, 0.3) is 31.6 Å². The summed E-state index contributed by atoms with van der Waals surface area (Å²) in [4.78, 5) is 32.3. The summed E-state index contributed by atoms with van der Waals surface area (Å²) in [5.41, 5.74) is 2.29. The molecule has 0 bridgehead atoms. The van der Waals surface area contributed by atoms with Gasteiger partial charge >= 0.3 is 5.97 Å². The van der Waals surface area contributed by atoms with E-state index in [-0.39, 0.29) is 18.6 Å². The van der Waals surface area contributed by atoms with Crippen LogP contribution in [0.1, 0.15) is 42.5 Å². The van der Waals surface area contributed by atoms with E-state index in [0.717, 1.165) is 57.2 Å². The van der Waals surface area contributed by atoms with Crippen LogP contribution in [-0.2, 0) is 9.53 Å². The molecule has 0 atom stereocenters. The lowest BCUT2D eigenvalue weighted by molar-refractivity contribution is -0.135. The lowest BCUT2D eigenvalue weighted by atomic mass is 9.94. The molecular formula is C27H26N2O3S. The van der Waals surface area contributed by atoms with Crippen molar-refractivity contribution < 1.29 is 14.3 Å². The van der Waals surface area contributed by atoms with Gasteiger partial charge in [0.1, 0.15) is 5.01 Å². The van der Waals surface area contributed by atoms with Gasteiger partial charge in [0.25, 0.3) is 5.91 Å². The number of fused-ring (bicyclic) bond motifs is 2. The van der Waals surface area contributed by atoms with Gasteiger partial charge in [-0.05, 0) is 36.4 Å². The molecule has 1 aliphatic rings. The minimum Gasteiger partial charge on any atom is -0.452 e. The van der Waals surface area contributed by atoms with Crippen molar-refractivity contribution in [2.24, 2.45) is 0 Å². The lowest BCUT2D eigenvalue weighted by Crippen LogP contribution is -2.40. The molecule has 33 heavy (non-hydrogen) atoms. The first-order chi connectivity index (χ1) is 16.1. The highest BCUT2D eigenvalue weighted by molar-refractivity contribution is 7.21. The topological polar surface area (TPSA) is 59.5 Å². The molecule has 0 N–H and O–H groups in total. The van der Waals surface area contributed by atoms with Crippen molar-refractivity contribution in [3.8, 4) is 10.6 Å². The molecule has 1 aliphatic carbocycles. The maximum atomic E-state index is 13.1. The molecule has 3 aromatic carbocycles. The quantitative estimate of drug-likeness (QED) is 0.341. The van der Waals surface area contributed by atoms with Gasteiger partial charge in [0, 0.05) is 24.0 Å². The zero-order chi connectivity index (χ0) is 22.8. The van der Waals surface area contributed by atoms with Crippen molar-refractivity contribution in [1.29, 1.82) is 0 Å². The third kappa shape index (κ3) is 4.35. The van der Waals surface area contributed by atoms with Crippen molar-refractivity contribution >= 4 is 44.2 Å². The van der Waals surface area contributed by atoms with E-state index in [2.05, 4.69) is 0 Å². The van der Waals surface area contributed by atoms with Crippen molar-refractivity contribution in [2.75, 3.05) is 13.7 Å². The standard InChI is InChI=1S/C27H26N2O3S/c1-29(19-11-3-2-4-12-19)24(30)17-32-27(31)21-14-8-10-18-9-7-13-20(25(18)21)26-28-22-15-5-6-16-23(22)33-26/h5-10,13-16,19H,2-4,11-12,17H2,1H3. The Labute approximate surface area is 197 Å². The second kappa shape index (κ2) is 9.32. The zero-order valence-corrected chi connectivity index (χ0v) is 19.4. The number of ether oxygens (including phenoxy) is 1. The predicted molar refractivity (Wildman–Crippen MR) is 132 cm³/mol. The van der Waals surface area contributed by atoms with E-state index in [1.165, 1.54) is 6.42 Å². The zero-order valence-electron chi connectivity index (χ0n) is 18.6. The van der Waals surface area contributed by atoms with Crippen LogP contribution in [0.15, 0.2) is 60.7 Å². The van der Waals surface area contributed by atoms with Crippen molar-refractivity contribution in [3.05, 3.63) is 66.2 Å². The first-order valence-corrected chi connectivity index (χ1v) is 12.2. The molecule has 168 valence electrons. The molecule has 0 unspecified atom stereocenters. The molecule has 1 amide bonds. The summed E-state index contributed by atoms with van der Waals surface area (Å²) in [6.07, 6.45) is 5.56. The third-order valence-electron chi connectivity index (χ3n) is 6.49. The van der Waals surface area contributed by atoms with Crippen LogP contribution < -0.4 is 0 Å². The number of carbonyl (C=O) groups is 2. The maximum Gasteiger partial charge on any atom is 0.339 e. The smallest absolute Gasteiger partial charge is 0.339 e. The Morgan fingerprint density at radius 1 is 1.00 bits per heavy atom. The van der Waals surface area contributed by atoms with Gasteiger partial charge in [0.2, 0.25) is 0 Å². The minimum atomic E-state index is -0.487. The molecule has 1 heterocycles. The van der Waals surface area contributed by atoms with Crippen molar-refractivity contribution in [3.63, 3.8) is 0 Å². The molecule has 1 saturated carbocycles. The van der Waals surface area contributed by atoms with Crippen LogP contribution in [0.2, 0.25) is 0 Å². The third-order valence-corrected chi connectivity index (χ3v) is 7.56. The fraction of sp³-hybridized carbons (Fsp3) is 0.296. The predicted octanol–water partition coefficient (Wildman–Crippen LogP) is 6.06. The van der Waals surface area contributed by atoms with Crippen LogP contribution in [0.3, 0.4) is 0 Å². The number of esters is 1. The van der Waals surface area contributed by atoms with Crippen molar-refractivity contribution in [1.82, 2.24) is 9.88 Å². The number of hydrogen-bond acceptors (Lipinski definition) is 5. The Morgan fingerprint density at radius 2 is 1.76 bits per heavy atom. The Balaban J connectivity index is 1.42. The van der Waals surface area contributed by atoms with Gasteiger partial charge in [0.15, 0.2) is 6.61 Å². The van der Waals surface area contributed by atoms with Gasteiger partial charge in [-0.15, -0.1) is 11.3 Å². The molecule has 1 aromatic heterocycles. The number of hydrogen-bond donors (Lipinski definition) is 0. The van der Waals surface area contributed by atoms with Gasteiger partial charge < -0.3 is 9.64 Å². The number of rotatable bonds is 5. The minimum absolute atomic E-state index is 0.151. The van der Waals surface area contributed by atoms with Crippen LogP contribution in [0.5, 0.6) is 0 Å². The Hall–Kier alpha value is -3.25. The van der Waals surface area contributed by atoms with E-state index in [0.29, 0.717) is 5.56 Å². The first kappa shape index (κ1) is 21.6. The number of likely N-dealkylation sites (N-methyl/N-ethyl adjacent to an activating group) is 1. The number of para-hydroxylation sites is 1. The van der Waals surface area contributed by atoms with Gasteiger partial charge in [-0.2, -0.15) is 0 Å². The molecule has 0 aliphatic heterocycles. The monoisotopic (exact) mass is 458 g/mol. The molecule has 5 nitrogen and oxygen atoms in total. The van der Waals surface area contributed by atoms with E-state index in [1.54, 1.807) is 22.3 Å². The van der Waals surface area contributed by atoms with E-state index in [4.69, 9.17) is 9.72 Å². The normalized spacial score (nSPS) is 14.5. The molecule has 1 fully saturated rings. The number of aromatic nitrogens is 1. The van der Waals surface area contributed by atoms with E-state index in [9.17, 15) is 9.59 Å². The van der Waals surface area contributed by atoms with Gasteiger partial charge in [-0.3, -0.25) is 4.79 Å². The molecule has 0 spiro atoms. The van der Waals surface area contributed by atoms with Gasteiger partial charge in [-0.25, -0.2) is 9.78 Å². The Morgan fingerprint density at radius 3 is 2.55 bits per heavy atom. The summed E-state index contributed by atoms with van der Waals surface area (Å²) < 4.78 is 6.61. The van der Waals surface area contributed by atoms with Gasteiger partial charge in [-0.1, -0.05) is 61.7 Å². The number of nitrogens with zero attached hydrogens (tertiary/aromatic N) is 2. The number of amides is 1. The van der Waals surface area contributed by atoms with E-state index < -0.39 is 5.97 Å². The van der Waals surface area contributed by atoms with Crippen LogP contribution >= 0.6 is 11.3 Å². The molecule has 4 aromatic rings. The molecule has 5 rings (SSSR count). The van der Waals surface area contributed by atoms with E-state index >= 15 is 0 Å². The molecule has 6 heteroatoms. The SMILES string of the molecule is CN(C(=O)COC(=O)c1cccc2cccc(-c3nc4ccccc4s3)c12)C1CCCCC1. The fourth-order valence-electron chi connectivity index (χ4n) is 4.66. The van der Waals surface area contributed by atoms with Crippen LogP contribution in [-0.4, -0.2) is 41.5 Å². The van der Waals surface area contributed by atoms with E-state index in [1.807, 2.05) is 61.6 Å². The summed E-state index contributed by atoms with van der Waals surface area (Å²) in [5.74, 6) is -0.638. The largest absolute Gasteiger partial charge is 0.452 e. The molecule has 0 saturated heterocycles. The Kier molecular flexibility index (Phi) is 6.09. The molecular weight excluding hydrogens is 432 g/mol. The van der Waals surface area contributed by atoms with Crippen LogP contribution in [0, 0.1) is 0 Å². The Bertz CT molecular complexity index is 1290. The number of carbonyl (C=O) groups excluding carboxylic acids is 2. The number of thiazole rings is 1. The van der Waals surface area contributed by atoms with Crippen molar-refractivity contribution in [2.45, 2.75) is 38.1 Å². The highest BCUT2D eigenvalue weighted by Crippen LogP contribution is 2.36. The summed E-state index contributed by atoms with van der Waals surface area (Å²) in [6.45, 7) is -0.245. The summed E-state index contributed by atoms with van der Waals surface area (Å²) in [5, 5.41) is 2.60. The average molecular weight is 459 g/mol. The lowest BCUT2D eigenvalue weighted by Gasteiger charge is -2.31. The maximum absolute atomic E-state index is 13.1. The summed E-state index contributed by atoms with van der Waals surface area (Å²) in [7, 11) is 1.81. The fourth-order valence-corrected chi connectivity index (χ4v) is 5.65. The average Bonchev–Trinajstić information content (AvgIpc) is 3.30. The van der Waals surface area contributed by atoms with Crippen LogP contribution in [0.4, 0.5) is 0 Å². The molecule has 0 radical (unpaired) electrons. The highest BCUT2D eigenvalue weighted by atomic mass is 32.1. The highest BCUT2D eigenvalue weighted by Gasteiger charge is 2.24. The number of benzene rings is 3. The van der Waals surface area contributed by atoms with Gasteiger partial charge in [0.05, 0.1) is 15.8 Å². The summed E-state index contributed by atoms with van der Waals surface area (Å²) >= 11 is 1.60.